The minimum Gasteiger partial charge on any atom is -0.394 e. The van der Waals surface area contributed by atoms with Crippen LogP contribution in [-0.4, -0.2) is 44.9 Å². The van der Waals surface area contributed by atoms with Crippen LogP contribution in [0.2, 0.25) is 0 Å². The van der Waals surface area contributed by atoms with E-state index in [4.69, 9.17) is 0 Å². The van der Waals surface area contributed by atoms with Crippen molar-refractivity contribution in [1.82, 2.24) is 9.78 Å². The monoisotopic (exact) mass is 212 g/mol. The lowest BCUT2D eigenvalue weighted by Gasteiger charge is -2.27. The topological polar surface area (TPSA) is 78.5 Å². The summed E-state index contributed by atoms with van der Waals surface area (Å²) < 4.78 is 1.37. The lowest BCUT2D eigenvalue weighted by atomic mass is 10.0. The number of allylic oxidation sites excluding steroid dienone is 1. The van der Waals surface area contributed by atoms with E-state index in [1.807, 2.05) is 6.92 Å². The van der Waals surface area contributed by atoms with Crippen molar-refractivity contribution in [2.24, 2.45) is 0 Å². The molecule has 0 atom stereocenters. The maximum absolute atomic E-state index is 9.17. The Kier molecular flexibility index (Phi) is 3.62. The van der Waals surface area contributed by atoms with Gasteiger partial charge in [-0.1, -0.05) is 6.58 Å². The summed E-state index contributed by atoms with van der Waals surface area (Å²) in [7, 11) is 0. The van der Waals surface area contributed by atoms with Gasteiger partial charge in [-0.2, -0.15) is 5.10 Å². The van der Waals surface area contributed by atoms with Gasteiger partial charge in [-0.05, 0) is 12.5 Å². The summed E-state index contributed by atoms with van der Waals surface area (Å²) in [6, 6.07) is 0. The van der Waals surface area contributed by atoms with Crippen LogP contribution in [0.4, 0.5) is 0 Å². The van der Waals surface area contributed by atoms with Crippen molar-refractivity contribution in [3.8, 4) is 0 Å². The highest BCUT2D eigenvalue weighted by molar-refractivity contribution is 5.59. The summed E-state index contributed by atoms with van der Waals surface area (Å²) in [5, 5.41) is 31.5. The van der Waals surface area contributed by atoms with Crippen molar-refractivity contribution in [3.63, 3.8) is 0 Å². The molecule has 0 aliphatic rings. The van der Waals surface area contributed by atoms with Crippen LogP contribution >= 0.6 is 0 Å². The number of aliphatic hydroxyl groups excluding tert-OH is 3. The third kappa shape index (κ3) is 2.09. The summed E-state index contributed by atoms with van der Waals surface area (Å²) in [5.41, 5.74) is 0.506. The minimum atomic E-state index is -1.15. The maximum atomic E-state index is 9.17. The van der Waals surface area contributed by atoms with Crippen LogP contribution < -0.4 is 0 Å². The van der Waals surface area contributed by atoms with Crippen molar-refractivity contribution >= 4 is 5.57 Å². The van der Waals surface area contributed by atoms with E-state index in [1.54, 1.807) is 12.4 Å². The second-order valence-electron chi connectivity index (χ2n) is 3.65. The molecule has 0 aromatic carbocycles. The van der Waals surface area contributed by atoms with Crippen LogP contribution in [0.25, 0.3) is 5.57 Å². The molecule has 0 aliphatic heterocycles. The number of hydrogen-bond acceptors (Lipinski definition) is 4. The Morgan fingerprint density at radius 3 is 2.27 bits per heavy atom. The van der Waals surface area contributed by atoms with Crippen LogP contribution in [0.1, 0.15) is 12.5 Å². The first kappa shape index (κ1) is 11.9. The summed E-state index contributed by atoms with van der Waals surface area (Å²) in [4.78, 5) is 0. The molecule has 1 aromatic heterocycles. The fourth-order valence-electron chi connectivity index (χ4n) is 1.17. The molecule has 0 spiro atoms. The van der Waals surface area contributed by atoms with Gasteiger partial charge in [-0.25, -0.2) is 0 Å². The molecule has 15 heavy (non-hydrogen) atoms. The molecule has 0 fully saturated rings. The van der Waals surface area contributed by atoms with Crippen LogP contribution in [0, 0.1) is 0 Å². The molecule has 3 N–H and O–H groups in total. The molecule has 0 amide bonds. The molecule has 0 saturated carbocycles. The Bertz CT molecular complexity index is 334. The van der Waals surface area contributed by atoms with Gasteiger partial charge in [0.25, 0.3) is 0 Å². The molecular weight excluding hydrogens is 196 g/mol. The molecule has 0 aliphatic carbocycles. The minimum absolute atomic E-state index is 0.378. The predicted octanol–water partition coefficient (Wildman–Crippen LogP) is -0.412. The molecule has 84 valence electrons. The highest BCUT2D eigenvalue weighted by atomic mass is 16.3. The third-order valence-electron chi connectivity index (χ3n) is 2.44. The van der Waals surface area contributed by atoms with E-state index >= 15 is 0 Å². The van der Waals surface area contributed by atoms with Gasteiger partial charge in [0.05, 0.1) is 26.0 Å². The van der Waals surface area contributed by atoms with E-state index < -0.39 is 5.54 Å². The fourth-order valence-corrected chi connectivity index (χ4v) is 1.17. The van der Waals surface area contributed by atoms with Crippen molar-refractivity contribution in [2.45, 2.75) is 12.5 Å². The standard InChI is InChI=1S/C10H16N2O3/c1-8(2)9-3-11-12(4-9)10(5-13,6-14)7-15/h3-4,13-15H,1,5-7H2,2H3. The molecule has 0 radical (unpaired) electrons. The van der Waals surface area contributed by atoms with Crippen molar-refractivity contribution in [1.29, 1.82) is 0 Å². The van der Waals surface area contributed by atoms with Gasteiger partial charge in [0.1, 0.15) is 5.54 Å². The average Bonchev–Trinajstić information content (AvgIpc) is 2.71. The SMILES string of the molecule is C=C(C)c1cnn(C(CO)(CO)CO)c1. The second-order valence-corrected chi connectivity index (χ2v) is 3.65. The van der Waals surface area contributed by atoms with Gasteiger partial charge in [-0.15, -0.1) is 0 Å². The molecule has 1 rings (SSSR count). The highest BCUT2D eigenvalue weighted by Gasteiger charge is 2.31. The van der Waals surface area contributed by atoms with Crippen LogP contribution in [0.5, 0.6) is 0 Å². The number of nitrogens with zero attached hydrogens (tertiary/aromatic N) is 2. The van der Waals surface area contributed by atoms with Gasteiger partial charge >= 0.3 is 0 Å². The van der Waals surface area contributed by atoms with Crippen molar-refractivity contribution in [3.05, 3.63) is 24.5 Å². The molecule has 1 heterocycles. The normalized spacial score (nSPS) is 11.7. The van der Waals surface area contributed by atoms with Crippen molar-refractivity contribution < 1.29 is 15.3 Å². The molecule has 0 bridgehead atoms. The first-order valence-corrected chi connectivity index (χ1v) is 4.63. The van der Waals surface area contributed by atoms with Gasteiger partial charge < -0.3 is 15.3 Å². The van der Waals surface area contributed by atoms with E-state index in [0.717, 1.165) is 11.1 Å². The fraction of sp³-hybridized carbons (Fsp3) is 0.500. The van der Waals surface area contributed by atoms with Crippen LogP contribution in [0.15, 0.2) is 19.0 Å². The first-order chi connectivity index (χ1) is 7.09. The number of hydrogen-bond donors (Lipinski definition) is 3. The predicted molar refractivity (Wildman–Crippen MR) is 56.2 cm³/mol. The molecule has 1 aromatic rings. The third-order valence-corrected chi connectivity index (χ3v) is 2.44. The van der Waals surface area contributed by atoms with Gasteiger partial charge in [0.2, 0.25) is 0 Å². The Balaban J connectivity index is 3.07. The smallest absolute Gasteiger partial charge is 0.131 e. The summed E-state index contributed by atoms with van der Waals surface area (Å²) in [6.07, 6.45) is 3.23. The molecular formula is C10H16N2O3. The van der Waals surface area contributed by atoms with Gasteiger partial charge in [-0.3, -0.25) is 4.68 Å². The summed E-state index contributed by atoms with van der Waals surface area (Å²) in [5.74, 6) is 0. The van der Waals surface area contributed by atoms with Crippen molar-refractivity contribution in [2.75, 3.05) is 19.8 Å². The average molecular weight is 212 g/mol. The largest absolute Gasteiger partial charge is 0.394 e. The van der Waals surface area contributed by atoms with Crippen LogP contribution in [-0.2, 0) is 5.54 Å². The Morgan fingerprint density at radius 1 is 1.40 bits per heavy atom. The number of aromatic nitrogens is 2. The molecule has 5 nitrogen and oxygen atoms in total. The lowest BCUT2D eigenvalue weighted by Crippen LogP contribution is -2.45. The maximum Gasteiger partial charge on any atom is 0.131 e. The van der Waals surface area contributed by atoms with E-state index in [1.165, 1.54) is 4.68 Å². The first-order valence-electron chi connectivity index (χ1n) is 4.63. The van der Waals surface area contributed by atoms with Gasteiger partial charge in [0, 0.05) is 11.8 Å². The van der Waals surface area contributed by atoms with E-state index in [9.17, 15) is 15.3 Å². The summed E-state index contributed by atoms with van der Waals surface area (Å²) in [6.45, 7) is 4.46. The Hall–Kier alpha value is -1.17. The van der Waals surface area contributed by atoms with E-state index in [0.29, 0.717) is 0 Å². The molecule has 0 unspecified atom stereocenters. The van der Waals surface area contributed by atoms with Crippen LogP contribution in [0.3, 0.4) is 0 Å². The second kappa shape index (κ2) is 4.57. The zero-order valence-corrected chi connectivity index (χ0v) is 8.72. The number of aliphatic hydroxyl groups is 3. The molecule has 0 saturated heterocycles. The zero-order valence-electron chi connectivity index (χ0n) is 8.72. The highest BCUT2D eigenvalue weighted by Crippen LogP contribution is 2.17. The van der Waals surface area contributed by atoms with Gasteiger partial charge in [0.15, 0.2) is 0 Å². The quantitative estimate of drug-likeness (QED) is 0.620. The van der Waals surface area contributed by atoms with E-state index in [-0.39, 0.29) is 19.8 Å². The Morgan fingerprint density at radius 2 is 1.93 bits per heavy atom. The van der Waals surface area contributed by atoms with E-state index in [2.05, 4.69) is 11.7 Å². The molecule has 5 heteroatoms. The summed E-state index contributed by atoms with van der Waals surface area (Å²) >= 11 is 0. The Labute approximate surface area is 88.3 Å². The lowest BCUT2D eigenvalue weighted by molar-refractivity contribution is 0.00686. The number of rotatable bonds is 5. The zero-order chi connectivity index (χ0) is 11.5.